The van der Waals surface area contributed by atoms with Crippen molar-refractivity contribution in [3.8, 4) is 16.9 Å². The first-order chi connectivity index (χ1) is 18.3. The van der Waals surface area contributed by atoms with Crippen molar-refractivity contribution in [1.82, 2.24) is 4.90 Å². The zero-order valence-corrected chi connectivity index (χ0v) is 22.8. The molecule has 0 amide bonds. The number of hydrogen-bond acceptors (Lipinski definition) is 5. The summed E-state index contributed by atoms with van der Waals surface area (Å²) in [4.78, 5) is 28.1. The highest BCUT2D eigenvalue weighted by atomic mass is 35.5. The lowest BCUT2D eigenvalue weighted by Crippen LogP contribution is -2.35. The standard InChI is InChI=1S/C32H32ClNO4/c1-20-7-8-22(16-29(20)23-5-4-6-26(33)18-23)15-27(35)19-25-17-24-9-10-30(21(2)31(24)38-32(25)36)37-28-11-13-34(3)14-12-28/h4-10,16-18,28H,11-15,19H2,1-3H3. The summed E-state index contributed by atoms with van der Waals surface area (Å²) in [6.07, 6.45) is 2.35. The van der Waals surface area contributed by atoms with Crippen LogP contribution in [0.1, 0.15) is 35.1 Å². The Balaban J connectivity index is 1.32. The fourth-order valence-electron chi connectivity index (χ4n) is 5.13. The highest BCUT2D eigenvalue weighted by Crippen LogP contribution is 2.30. The number of rotatable bonds is 7. The van der Waals surface area contributed by atoms with Crippen molar-refractivity contribution >= 4 is 28.4 Å². The molecule has 196 valence electrons. The quantitative estimate of drug-likeness (QED) is 0.254. The van der Waals surface area contributed by atoms with Gasteiger partial charge in [-0.25, -0.2) is 4.79 Å². The van der Waals surface area contributed by atoms with Gasteiger partial charge in [-0.2, -0.15) is 0 Å². The molecule has 5 nitrogen and oxygen atoms in total. The second-order valence-corrected chi connectivity index (χ2v) is 10.8. The van der Waals surface area contributed by atoms with Crippen LogP contribution in [0.3, 0.4) is 0 Å². The summed E-state index contributed by atoms with van der Waals surface area (Å²) in [5.41, 5.74) is 5.26. The number of piperidine rings is 1. The first kappa shape index (κ1) is 26.2. The maximum absolute atomic E-state index is 13.0. The third-order valence-corrected chi connectivity index (χ3v) is 7.59. The number of fused-ring (bicyclic) bond motifs is 1. The van der Waals surface area contributed by atoms with Gasteiger partial charge in [0, 0.05) is 47.5 Å². The van der Waals surface area contributed by atoms with Gasteiger partial charge in [-0.3, -0.25) is 4.79 Å². The molecule has 6 heteroatoms. The summed E-state index contributed by atoms with van der Waals surface area (Å²) < 4.78 is 12.0. The third-order valence-electron chi connectivity index (χ3n) is 7.36. The van der Waals surface area contributed by atoms with Crippen molar-refractivity contribution in [2.45, 2.75) is 45.6 Å². The maximum atomic E-state index is 13.0. The van der Waals surface area contributed by atoms with Crippen LogP contribution in [0, 0.1) is 13.8 Å². The summed E-state index contributed by atoms with van der Waals surface area (Å²) in [6, 6.07) is 19.3. The van der Waals surface area contributed by atoms with Gasteiger partial charge in [-0.1, -0.05) is 41.9 Å². The Kier molecular flexibility index (Phi) is 7.68. The number of carbonyl (C=O) groups excluding carboxylic acids is 1. The number of hydrogen-bond donors (Lipinski definition) is 0. The number of halogens is 1. The van der Waals surface area contributed by atoms with Gasteiger partial charge in [0.2, 0.25) is 0 Å². The van der Waals surface area contributed by atoms with Crippen LogP contribution in [-0.4, -0.2) is 36.9 Å². The monoisotopic (exact) mass is 529 g/mol. The van der Waals surface area contributed by atoms with Crippen molar-refractivity contribution in [1.29, 1.82) is 0 Å². The van der Waals surface area contributed by atoms with Crippen LogP contribution in [0.5, 0.6) is 5.75 Å². The largest absolute Gasteiger partial charge is 0.490 e. The van der Waals surface area contributed by atoms with Crippen molar-refractivity contribution < 1.29 is 13.9 Å². The first-order valence-corrected chi connectivity index (χ1v) is 13.4. The fourth-order valence-corrected chi connectivity index (χ4v) is 5.32. The summed E-state index contributed by atoms with van der Waals surface area (Å²) in [5, 5.41) is 1.46. The van der Waals surface area contributed by atoms with E-state index >= 15 is 0 Å². The van der Waals surface area contributed by atoms with E-state index in [9.17, 15) is 9.59 Å². The molecular formula is C32H32ClNO4. The molecule has 0 atom stereocenters. The van der Waals surface area contributed by atoms with Gasteiger partial charge < -0.3 is 14.1 Å². The number of nitrogens with zero attached hydrogens (tertiary/aromatic N) is 1. The van der Waals surface area contributed by atoms with Crippen molar-refractivity contribution in [3.63, 3.8) is 0 Å². The number of aryl methyl sites for hydroxylation is 2. The number of likely N-dealkylation sites (tertiary alicyclic amines) is 1. The molecule has 5 rings (SSSR count). The Morgan fingerprint density at radius 1 is 1.03 bits per heavy atom. The Morgan fingerprint density at radius 3 is 2.58 bits per heavy atom. The average Bonchev–Trinajstić information content (AvgIpc) is 2.89. The predicted molar refractivity (Wildman–Crippen MR) is 152 cm³/mol. The molecule has 3 aromatic carbocycles. The van der Waals surface area contributed by atoms with Gasteiger partial charge in [0.1, 0.15) is 23.2 Å². The van der Waals surface area contributed by atoms with E-state index in [1.807, 2.05) is 68.4 Å². The minimum atomic E-state index is -0.478. The van der Waals surface area contributed by atoms with E-state index in [1.54, 1.807) is 6.07 Å². The van der Waals surface area contributed by atoms with Gasteiger partial charge in [0.25, 0.3) is 0 Å². The van der Waals surface area contributed by atoms with E-state index in [-0.39, 0.29) is 24.7 Å². The molecule has 1 aliphatic heterocycles. The summed E-state index contributed by atoms with van der Waals surface area (Å²) in [6.45, 7) is 5.96. The Morgan fingerprint density at radius 2 is 1.82 bits per heavy atom. The fraction of sp³-hybridized carbons (Fsp3) is 0.312. The number of benzene rings is 3. The average molecular weight is 530 g/mol. The molecule has 0 aliphatic carbocycles. The molecule has 0 spiro atoms. The highest BCUT2D eigenvalue weighted by molar-refractivity contribution is 6.30. The smallest absolute Gasteiger partial charge is 0.339 e. The lowest BCUT2D eigenvalue weighted by atomic mass is 9.95. The third kappa shape index (κ3) is 5.85. The minimum Gasteiger partial charge on any atom is -0.490 e. The summed E-state index contributed by atoms with van der Waals surface area (Å²) in [7, 11) is 2.12. The van der Waals surface area contributed by atoms with Crippen LogP contribution in [0.15, 0.2) is 69.9 Å². The first-order valence-electron chi connectivity index (χ1n) is 13.1. The van der Waals surface area contributed by atoms with Crippen LogP contribution in [-0.2, 0) is 17.6 Å². The van der Waals surface area contributed by atoms with Gasteiger partial charge >= 0.3 is 5.63 Å². The van der Waals surface area contributed by atoms with Crippen LogP contribution in [0.25, 0.3) is 22.1 Å². The van der Waals surface area contributed by atoms with Crippen molar-refractivity contribution in [2.75, 3.05) is 20.1 Å². The van der Waals surface area contributed by atoms with Crippen molar-refractivity contribution in [3.05, 3.63) is 98.4 Å². The van der Waals surface area contributed by atoms with Crippen LogP contribution in [0.4, 0.5) is 0 Å². The lowest BCUT2D eigenvalue weighted by molar-refractivity contribution is -0.117. The zero-order chi connectivity index (χ0) is 26.8. The molecule has 1 aliphatic rings. The molecule has 1 aromatic heterocycles. The molecule has 0 N–H and O–H groups in total. The van der Waals surface area contributed by atoms with Crippen LogP contribution in [0.2, 0.25) is 5.02 Å². The van der Waals surface area contributed by atoms with E-state index in [0.29, 0.717) is 16.2 Å². The Bertz CT molecular complexity index is 1550. The number of carbonyl (C=O) groups is 1. The molecule has 1 fully saturated rings. The second-order valence-electron chi connectivity index (χ2n) is 10.3. The van der Waals surface area contributed by atoms with Gasteiger partial charge in [0.05, 0.1) is 0 Å². The topological polar surface area (TPSA) is 59.8 Å². The molecular weight excluding hydrogens is 498 g/mol. The normalized spacial score (nSPS) is 14.6. The van der Waals surface area contributed by atoms with Crippen LogP contribution >= 0.6 is 11.6 Å². The van der Waals surface area contributed by atoms with E-state index in [0.717, 1.165) is 64.9 Å². The van der Waals surface area contributed by atoms with Gasteiger partial charge in [0.15, 0.2) is 0 Å². The molecule has 2 heterocycles. The number of Topliss-reactive ketones (excluding diaryl/α,β-unsaturated/α-hetero) is 1. The minimum absolute atomic E-state index is 0.0194. The molecule has 0 radical (unpaired) electrons. The lowest BCUT2D eigenvalue weighted by Gasteiger charge is -2.29. The van der Waals surface area contributed by atoms with E-state index in [2.05, 4.69) is 11.9 Å². The molecule has 38 heavy (non-hydrogen) atoms. The maximum Gasteiger partial charge on any atom is 0.339 e. The summed E-state index contributed by atoms with van der Waals surface area (Å²) >= 11 is 6.18. The summed E-state index contributed by atoms with van der Waals surface area (Å²) in [5.74, 6) is 0.699. The van der Waals surface area contributed by atoms with Crippen molar-refractivity contribution in [2.24, 2.45) is 0 Å². The van der Waals surface area contributed by atoms with Gasteiger partial charge in [-0.05, 0) is 86.3 Å². The SMILES string of the molecule is Cc1ccc(CC(=O)Cc2cc3ccc(OC4CCN(C)CC4)c(C)c3oc2=O)cc1-c1cccc(Cl)c1. The van der Waals surface area contributed by atoms with E-state index < -0.39 is 5.63 Å². The van der Waals surface area contributed by atoms with Crippen LogP contribution < -0.4 is 10.4 Å². The molecule has 4 aromatic rings. The molecule has 0 bridgehead atoms. The zero-order valence-electron chi connectivity index (χ0n) is 22.1. The number of ketones is 1. The Hall–Kier alpha value is -3.41. The molecule has 0 saturated carbocycles. The van der Waals surface area contributed by atoms with E-state index in [1.165, 1.54) is 0 Å². The number of ether oxygens (including phenoxy) is 1. The van der Waals surface area contributed by atoms with Gasteiger partial charge in [-0.15, -0.1) is 0 Å². The Labute approximate surface area is 228 Å². The molecule has 0 unspecified atom stereocenters. The second kappa shape index (κ2) is 11.1. The van der Waals surface area contributed by atoms with E-state index in [4.69, 9.17) is 20.8 Å². The highest BCUT2D eigenvalue weighted by Gasteiger charge is 2.20. The predicted octanol–water partition coefficient (Wildman–Crippen LogP) is 6.56. The molecule has 1 saturated heterocycles.